The third-order valence-electron chi connectivity index (χ3n) is 5.62. The summed E-state index contributed by atoms with van der Waals surface area (Å²) in [5.41, 5.74) is 1.01. The van der Waals surface area contributed by atoms with Crippen LogP contribution in [0.25, 0.3) is 0 Å². The summed E-state index contributed by atoms with van der Waals surface area (Å²) >= 11 is 0. The van der Waals surface area contributed by atoms with Gasteiger partial charge in [0, 0.05) is 12.6 Å². The van der Waals surface area contributed by atoms with Crippen molar-refractivity contribution < 1.29 is 14.0 Å². The zero-order valence-corrected chi connectivity index (χ0v) is 13.8. The Bertz CT molecular complexity index is 617. The predicted molar refractivity (Wildman–Crippen MR) is 87.1 cm³/mol. The molecule has 3 fully saturated rings. The molecule has 1 aliphatic heterocycles. The van der Waals surface area contributed by atoms with E-state index in [1.807, 2.05) is 0 Å². The molecule has 2 amide bonds. The Hall–Kier alpha value is -1.75. The number of carbonyl (C=O) groups is 2. The molecule has 2 aliphatic carbocycles. The highest BCUT2D eigenvalue weighted by atomic mass is 19.1. The number of amides is 2. The van der Waals surface area contributed by atoms with E-state index < -0.39 is 0 Å². The second-order valence-electron chi connectivity index (χ2n) is 7.35. The maximum Gasteiger partial charge on any atom is 0.234 e. The van der Waals surface area contributed by atoms with Crippen LogP contribution in [0.1, 0.15) is 44.1 Å². The average Bonchev–Trinajstić information content (AvgIpc) is 3.41. The summed E-state index contributed by atoms with van der Waals surface area (Å²) in [6.07, 6.45) is 6.01. The molecule has 5 heteroatoms. The molecule has 2 saturated carbocycles. The van der Waals surface area contributed by atoms with Gasteiger partial charge in [-0.15, -0.1) is 0 Å². The highest BCUT2D eigenvalue weighted by Crippen LogP contribution is 2.39. The molecule has 128 valence electrons. The van der Waals surface area contributed by atoms with Crippen LogP contribution in [-0.4, -0.2) is 34.3 Å². The molecule has 0 radical (unpaired) electrons. The van der Waals surface area contributed by atoms with E-state index in [4.69, 9.17) is 0 Å². The number of hydrogen-bond acceptors (Lipinski definition) is 3. The molecular formula is C19H23FN2O2. The first-order chi connectivity index (χ1) is 11.6. The van der Waals surface area contributed by atoms with Crippen molar-refractivity contribution in [2.24, 2.45) is 11.8 Å². The van der Waals surface area contributed by atoms with Crippen molar-refractivity contribution in [3.63, 3.8) is 0 Å². The number of benzene rings is 1. The quantitative estimate of drug-likeness (QED) is 0.780. The standard InChI is InChI=1S/C19H23FN2O2/c20-14-7-5-13(6-8-14)11-21(15-9-10-15)12-22-18(23)16-3-1-2-4-17(16)19(22)24/h5-8,15-17H,1-4,9-12H2/t16-,17+. The van der Waals surface area contributed by atoms with Gasteiger partial charge in [-0.25, -0.2) is 4.39 Å². The Kier molecular flexibility index (Phi) is 4.12. The lowest BCUT2D eigenvalue weighted by molar-refractivity contribution is -0.142. The molecule has 1 heterocycles. The largest absolute Gasteiger partial charge is 0.278 e. The number of hydrogen-bond donors (Lipinski definition) is 0. The lowest BCUT2D eigenvalue weighted by atomic mass is 9.81. The van der Waals surface area contributed by atoms with Crippen molar-refractivity contribution in [2.45, 2.75) is 51.1 Å². The molecule has 1 aromatic carbocycles. The van der Waals surface area contributed by atoms with Crippen LogP contribution >= 0.6 is 0 Å². The summed E-state index contributed by atoms with van der Waals surface area (Å²) in [6, 6.07) is 6.90. The second kappa shape index (κ2) is 6.28. The highest BCUT2D eigenvalue weighted by molar-refractivity contribution is 6.05. The Morgan fingerprint density at radius 1 is 0.958 bits per heavy atom. The fourth-order valence-electron chi connectivity index (χ4n) is 4.11. The molecule has 0 spiro atoms. The summed E-state index contributed by atoms with van der Waals surface area (Å²) in [4.78, 5) is 29.0. The average molecular weight is 330 g/mol. The van der Waals surface area contributed by atoms with E-state index in [2.05, 4.69) is 4.90 Å². The van der Waals surface area contributed by atoms with E-state index in [0.717, 1.165) is 44.1 Å². The molecule has 2 atom stereocenters. The SMILES string of the molecule is O=C1[C@H]2CCCC[C@H]2C(=O)N1CN(Cc1ccc(F)cc1)C1CC1. The van der Waals surface area contributed by atoms with Crippen LogP contribution in [0.5, 0.6) is 0 Å². The van der Waals surface area contributed by atoms with Crippen molar-refractivity contribution in [2.75, 3.05) is 6.67 Å². The lowest BCUT2D eigenvalue weighted by Gasteiger charge is -2.27. The first kappa shape index (κ1) is 15.8. The van der Waals surface area contributed by atoms with Gasteiger partial charge in [-0.1, -0.05) is 25.0 Å². The van der Waals surface area contributed by atoms with Gasteiger partial charge in [0.25, 0.3) is 0 Å². The molecule has 4 nitrogen and oxygen atoms in total. The molecule has 3 aliphatic rings. The first-order valence-electron chi connectivity index (χ1n) is 8.97. The molecule has 0 N–H and O–H groups in total. The smallest absolute Gasteiger partial charge is 0.234 e. The minimum atomic E-state index is -0.245. The molecule has 1 saturated heterocycles. The van der Waals surface area contributed by atoms with Gasteiger partial charge in [-0.05, 0) is 43.4 Å². The van der Waals surface area contributed by atoms with E-state index >= 15 is 0 Å². The van der Waals surface area contributed by atoms with E-state index in [-0.39, 0.29) is 29.5 Å². The van der Waals surface area contributed by atoms with E-state index in [1.165, 1.54) is 17.0 Å². The van der Waals surface area contributed by atoms with Crippen molar-refractivity contribution in [3.8, 4) is 0 Å². The minimum absolute atomic E-state index is 0.0226. The van der Waals surface area contributed by atoms with Crippen molar-refractivity contribution in [1.29, 1.82) is 0 Å². The van der Waals surface area contributed by atoms with Crippen LogP contribution in [0.3, 0.4) is 0 Å². The van der Waals surface area contributed by atoms with Gasteiger partial charge >= 0.3 is 0 Å². The number of nitrogens with zero attached hydrogens (tertiary/aromatic N) is 2. The Balaban J connectivity index is 1.48. The highest BCUT2D eigenvalue weighted by Gasteiger charge is 2.49. The van der Waals surface area contributed by atoms with Gasteiger partial charge in [0.15, 0.2) is 0 Å². The van der Waals surface area contributed by atoms with Crippen molar-refractivity contribution in [3.05, 3.63) is 35.6 Å². The van der Waals surface area contributed by atoms with Crippen LogP contribution < -0.4 is 0 Å². The Labute approximate surface area is 141 Å². The van der Waals surface area contributed by atoms with Gasteiger partial charge < -0.3 is 0 Å². The van der Waals surface area contributed by atoms with E-state index in [1.54, 1.807) is 12.1 Å². The molecule has 0 unspecified atom stereocenters. The van der Waals surface area contributed by atoms with Crippen LogP contribution in [0.2, 0.25) is 0 Å². The van der Waals surface area contributed by atoms with E-state index in [0.29, 0.717) is 19.3 Å². The Morgan fingerprint density at radius 2 is 1.54 bits per heavy atom. The second-order valence-corrected chi connectivity index (χ2v) is 7.35. The van der Waals surface area contributed by atoms with Gasteiger partial charge in [0.05, 0.1) is 18.5 Å². The third-order valence-corrected chi connectivity index (χ3v) is 5.62. The summed E-state index contributed by atoms with van der Waals surface area (Å²) in [5.74, 6) is -0.370. The van der Waals surface area contributed by atoms with Gasteiger partial charge in [-0.2, -0.15) is 0 Å². The summed E-state index contributed by atoms with van der Waals surface area (Å²) < 4.78 is 13.1. The van der Waals surface area contributed by atoms with Gasteiger partial charge in [0.1, 0.15) is 5.82 Å². The lowest BCUT2D eigenvalue weighted by Crippen LogP contribution is -2.42. The van der Waals surface area contributed by atoms with E-state index in [9.17, 15) is 14.0 Å². The third kappa shape index (κ3) is 2.97. The fraction of sp³-hybridized carbons (Fsp3) is 0.579. The molecular weight excluding hydrogens is 307 g/mol. The maximum absolute atomic E-state index is 13.1. The van der Waals surface area contributed by atoms with Crippen LogP contribution in [0.15, 0.2) is 24.3 Å². The number of halogens is 1. The summed E-state index contributed by atoms with van der Waals surface area (Å²) in [6.45, 7) is 1.03. The molecule has 4 rings (SSSR count). The summed E-state index contributed by atoms with van der Waals surface area (Å²) in [5, 5.41) is 0. The minimum Gasteiger partial charge on any atom is -0.278 e. The predicted octanol–water partition coefficient (Wildman–Crippen LogP) is 2.92. The molecule has 1 aromatic rings. The molecule has 0 bridgehead atoms. The topological polar surface area (TPSA) is 40.6 Å². The Morgan fingerprint density at radius 3 is 2.08 bits per heavy atom. The van der Waals surface area contributed by atoms with Gasteiger partial charge in [-0.3, -0.25) is 19.4 Å². The van der Waals surface area contributed by atoms with Gasteiger partial charge in [0.2, 0.25) is 11.8 Å². The first-order valence-corrected chi connectivity index (χ1v) is 8.97. The van der Waals surface area contributed by atoms with Crippen LogP contribution in [-0.2, 0) is 16.1 Å². The molecule has 24 heavy (non-hydrogen) atoms. The van der Waals surface area contributed by atoms with Crippen LogP contribution in [0, 0.1) is 17.7 Å². The maximum atomic E-state index is 13.1. The normalized spacial score (nSPS) is 27.0. The number of carbonyl (C=O) groups excluding carboxylic acids is 2. The summed E-state index contributed by atoms with van der Waals surface area (Å²) in [7, 11) is 0. The zero-order valence-electron chi connectivity index (χ0n) is 13.8. The number of rotatable bonds is 5. The zero-order chi connectivity index (χ0) is 16.7. The number of imide groups is 1. The monoisotopic (exact) mass is 330 g/mol. The number of likely N-dealkylation sites (tertiary alicyclic amines) is 1. The van der Waals surface area contributed by atoms with Crippen LogP contribution in [0.4, 0.5) is 4.39 Å². The number of fused-ring (bicyclic) bond motifs is 1. The van der Waals surface area contributed by atoms with Crippen molar-refractivity contribution in [1.82, 2.24) is 9.80 Å². The molecule has 0 aromatic heterocycles. The fourth-order valence-corrected chi connectivity index (χ4v) is 4.11. The van der Waals surface area contributed by atoms with Crippen molar-refractivity contribution >= 4 is 11.8 Å².